The van der Waals surface area contributed by atoms with E-state index in [-0.39, 0.29) is 19.1 Å². The second kappa shape index (κ2) is 14.5. The summed E-state index contributed by atoms with van der Waals surface area (Å²) in [7, 11) is 0. The number of aromatic nitrogens is 2. The van der Waals surface area contributed by atoms with E-state index in [0.29, 0.717) is 43.0 Å². The molecule has 0 saturated carbocycles. The van der Waals surface area contributed by atoms with Crippen LogP contribution in [-0.2, 0) is 16.0 Å². The largest absolute Gasteiger partial charge is 0.449 e. The van der Waals surface area contributed by atoms with Crippen LogP contribution in [0.1, 0.15) is 53.7 Å². The summed E-state index contributed by atoms with van der Waals surface area (Å²) in [6.45, 7) is 5.57. The van der Waals surface area contributed by atoms with Gasteiger partial charge in [-0.3, -0.25) is 10.1 Å². The summed E-state index contributed by atoms with van der Waals surface area (Å²) in [5.74, 6) is 0.215. The number of hydrogen-bond acceptors (Lipinski definition) is 8. The molecule has 2 amide bonds. The number of ether oxygens (including phenoxy) is 2. The highest BCUT2D eigenvalue weighted by molar-refractivity contribution is 7.99. The topological polar surface area (TPSA) is 120 Å². The molecule has 2 N–H and O–H groups in total. The number of amides is 2. The number of pyridine rings is 2. The molecule has 0 radical (unpaired) electrons. The molecule has 0 aliphatic heterocycles. The SMILES string of the molecule is CC(C)(C)OC(=O)Nc1cc(-c2cc(Cl)c(Sc3ncccc3C=O)c(CNC(=O)OCC3c4ccccc4-c4ccccc43)c2)ccn1. The Morgan fingerprint density at radius 1 is 0.878 bits per heavy atom. The highest BCUT2D eigenvalue weighted by Gasteiger charge is 2.29. The number of nitrogens with zero attached hydrogens (tertiary/aromatic N) is 2. The maximum Gasteiger partial charge on any atom is 0.413 e. The van der Waals surface area contributed by atoms with Gasteiger partial charge in [0, 0.05) is 35.3 Å². The molecule has 2 heterocycles. The van der Waals surface area contributed by atoms with E-state index in [4.69, 9.17) is 21.1 Å². The normalized spacial score (nSPS) is 12.1. The average Bonchev–Trinajstić information content (AvgIpc) is 3.40. The summed E-state index contributed by atoms with van der Waals surface area (Å²) < 4.78 is 11.1. The molecule has 0 bridgehead atoms. The molecule has 0 saturated heterocycles. The van der Waals surface area contributed by atoms with Crippen molar-refractivity contribution in [2.45, 2.75) is 48.8 Å². The Morgan fingerprint density at radius 2 is 1.59 bits per heavy atom. The van der Waals surface area contributed by atoms with Crippen molar-refractivity contribution in [1.29, 1.82) is 0 Å². The third-order valence-electron chi connectivity index (χ3n) is 7.74. The third-order valence-corrected chi connectivity index (χ3v) is 9.37. The zero-order valence-electron chi connectivity index (χ0n) is 27.0. The molecule has 0 atom stereocenters. The van der Waals surface area contributed by atoms with Gasteiger partial charge < -0.3 is 14.8 Å². The minimum Gasteiger partial charge on any atom is -0.449 e. The number of alkyl carbamates (subject to hydrolysis) is 1. The predicted octanol–water partition coefficient (Wildman–Crippen LogP) is 9.15. The van der Waals surface area contributed by atoms with E-state index in [2.05, 4.69) is 44.9 Å². The average molecular weight is 693 g/mol. The molecule has 5 aromatic rings. The summed E-state index contributed by atoms with van der Waals surface area (Å²) in [5, 5.41) is 6.40. The summed E-state index contributed by atoms with van der Waals surface area (Å²) >= 11 is 8.13. The van der Waals surface area contributed by atoms with Crippen LogP contribution >= 0.6 is 23.4 Å². The zero-order chi connectivity index (χ0) is 34.5. The van der Waals surface area contributed by atoms with E-state index in [1.807, 2.05) is 30.3 Å². The van der Waals surface area contributed by atoms with Crippen molar-refractivity contribution in [3.05, 3.63) is 125 Å². The van der Waals surface area contributed by atoms with Gasteiger partial charge in [-0.05, 0) is 96.1 Å². The van der Waals surface area contributed by atoms with Crippen molar-refractivity contribution in [3.8, 4) is 22.3 Å². The van der Waals surface area contributed by atoms with Crippen LogP contribution in [0, 0.1) is 0 Å². The Balaban J connectivity index is 1.24. The monoisotopic (exact) mass is 692 g/mol. The first-order valence-corrected chi connectivity index (χ1v) is 16.7. The van der Waals surface area contributed by atoms with Crippen LogP contribution in [0.25, 0.3) is 22.3 Å². The van der Waals surface area contributed by atoms with Gasteiger partial charge in [-0.2, -0.15) is 0 Å². The number of fused-ring (bicyclic) bond motifs is 3. The maximum atomic E-state index is 13.2. The van der Waals surface area contributed by atoms with Gasteiger partial charge in [0.05, 0.1) is 5.02 Å². The zero-order valence-corrected chi connectivity index (χ0v) is 28.6. The van der Waals surface area contributed by atoms with E-state index >= 15 is 0 Å². The van der Waals surface area contributed by atoms with Crippen molar-refractivity contribution in [2.75, 3.05) is 11.9 Å². The van der Waals surface area contributed by atoms with Gasteiger partial charge >= 0.3 is 12.2 Å². The molecule has 1 aliphatic carbocycles. The van der Waals surface area contributed by atoms with Crippen molar-refractivity contribution in [1.82, 2.24) is 15.3 Å². The first-order chi connectivity index (χ1) is 23.6. The number of carbonyl (C=O) groups is 3. The lowest BCUT2D eigenvalue weighted by molar-refractivity contribution is 0.0635. The number of nitrogens with one attached hydrogen (secondary N) is 2. The molecule has 1 aliphatic rings. The van der Waals surface area contributed by atoms with Gasteiger partial charge in [-0.25, -0.2) is 19.6 Å². The number of hydrogen-bond donors (Lipinski definition) is 2. The molecular formula is C38H33ClN4O5S. The Labute approximate surface area is 293 Å². The third kappa shape index (κ3) is 7.93. The van der Waals surface area contributed by atoms with Gasteiger partial charge in [-0.1, -0.05) is 71.9 Å². The molecule has 2 aromatic heterocycles. The molecular weight excluding hydrogens is 660 g/mol. The maximum absolute atomic E-state index is 13.2. The van der Waals surface area contributed by atoms with Crippen LogP contribution in [0.4, 0.5) is 15.4 Å². The fraction of sp³-hybridized carbons (Fsp3) is 0.184. The number of benzene rings is 3. The molecule has 3 aromatic carbocycles. The molecule has 0 unspecified atom stereocenters. The molecule has 9 nitrogen and oxygen atoms in total. The Bertz CT molecular complexity index is 2000. The quantitative estimate of drug-likeness (QED) is 0.147. The van der Waals surface area contributed by atoms with E-state index in [0.717, 1.165) is 28.5 Å². The van der Waals surface area contributed by atoms with Crippen LogP contribution in [-0.4, -0.2) is 40.6 Å². The Hall–Kier alpha value is -5.19. The number of carbonyl (C=O) groups excluding carboxylic acids is 3. The van der Waals surface area contributed by atoms with Gasteiger partial charge in [0.1, 0.15) is 23.1 Å². The second-order valence-electron chi connectivity index (χ2n) is 12.3. The lowest BCUT2D eigenvalue weighted by Crippen LogP contribution is -2.27. The summed E-state index contributed by atoms with van der Waals surface area (Å²) in [4.78, 5) is 46.5. The minimum atomic E-state index is -0.671. The standard InChI is InChI=1S/C38H33ClN4O5S/c1-38(2,3)48-37(46)43-33-19-23(14-16-40-33)25-17-26(34(32(39)18-25)49-35-24(21-44)9-8-15-41-35)20-42-36(45)47-22-31-29-12-6-4-10-27(29)28-11-5-7-13-30(28)31/h4-19,21,31H,20,22H2,1-3H3,(H,42,45)(H,40,43,46). The van der Waals surface area contributed by atoms with E-state index in [1.54, 1.807) is 63.5 Å². The van der Waals surface area contributed by atoms with Crippen LogP contribution in [0.15, 0.2) is 107 Å². The van der Waals surface area contributed by atoms with Gasteiger partial charge in [0.25, 0.3) is 0 Å². The second-order valence-corrected chi connectivity index (χ2v) is 13.7. The van der Waals surface area contributed by atoms with Gasteiger partial charge in [-0.15, -0.1) is 0 Å². The number of aldehydes is 1. The van der Waals surface area contributed by atoms with Crippen molar-refractivity contribution in [2.24, 2.45) is 0 Å². The lowest BCUT2D eigenvalue weighted by atomic mass is 9.98. The fourth-order valence-electron chi connectivity index (χ4n) is 5.64. The first kappa shape index (κ1) is 33.7. The summed E-state index contributed by atoms with van der Waals surface area (Å²) in [6, 6.07) is 26.8. The van der Waals surface area contributed by atoms with Crippen LogP contribution in [0.3, 0.4) is 0 Å². The van der Waals surface area contributed by atoms with E-state index in [1.165, 1.54) is 11.8 Å². The Morgan fingerprint density at radius 3 is 2.29 bits per heavy atom. The fourth-order valence-corrected chi connectivity index (χ4v) is 6.96. The van der Waals surface area contributed by atoms with Crippen molar-refractivity contribution in [3.63, 3.8) is 0 Å². The summed E-state index contributed by atoms with van der Waals surface area (Å²) in [6.07, 6.45) is 2.69. The van der Waals surface area contributed by atoms with Crippen molar-refractivity contribution < 1.29 is 23.9 Å². The Kier molecular flexibility index (Phi) is 9.98. The van der Waals surface area contributed by atoms with Gasteiger partial charge in [0.2, 0.25) is 0 Å². The molecule has 0 fully saturated rings. The number of rotatable bonds is 9. The highest BCUT2D eigenvalue weighted by atomic mass is 35.5. The van der Waals surface area contributed by atoms with Gasteiger partial charge in [0.15, 0.2) is 6.29 Å². The molecule has 49 heavy (non-hydrogen) atoms. The molecule has 0 spiro atoms. The molecule has 6 rings (SSSR count). The lowest BCUT2D eigenvalue weighted by Gasteiger charge is -2.19. The highest BCUT2D eigenvalue weighted by Crippen LogP contribution is 2.44. The smallest absolute Gasteiger partial charge is 0.413 e. The first-order valence-electron chi connectivity index (χ1n) is 15.6. The van der Waals surface area contributed by atoms with E-state index < -0.39 is 17.8 Å². The number of anilines is 1. The van der Waals surface area contributed by atoms with Crippen LogP contribution < -0.4 is 10.6 Å². The number of halogens is 1. The van der Waals surface area contributed by atoms with Crippen LogP contribution in [0.5, 0.6) is 0 Å². The minimum absolute atomic E-state index is 0.0733. The molecule has 11 heteroatoms. The van der Waals surface area contributed by atoms with Crippen LogP contribution in [0.2, 0.25) is 5.02 Å². The summed E-state index contributed by atoms with van der Waals surface area (Å²) in [5.41, 5.74) is 6.36. The molecule has 248 valence electrons. The van der Waals surface area contributed by atoms with Crippen molar-refractivity contribution >= 4 is 47.7 Å². The predicted molar refractivity (Wildman–Crippen MR) is 190 cm³/mol. The van der Waals surface area contributed by atoms with E-state index in [9.17, 15) is 14.4 Å².